The number of ether oxygens (including phenoxy) is 1. The highest BCUT2D eigenvalue weighted by molar-refractivity contribution is 5.39. The number of aromatic nitrogens is 2. The Morgan fingerprint density at radius 2 is 2.12 bits per heavy atom. The lowest BCUT2D eigenvalue weighted by Crippen LogP contribution is -2.35. The number of nitrogens with zero attached hydrogens (tertiary/aromatic N) is 3. The molecule has 0 radical (unpaired) electrons. The third-order valence-corrected chi connectivity index (χ3v) is 2.98. The van der Waals surface area contributed by atoms with Gasteiger partial charge in [0.25, 0.3) is 0 Å². The van der Waals surface area contributed by atoms with E-state index in [9.17, 15) is 0 Å². The van der Waals surface area contributed by atoms with Gasteiger partial charge >= 0.3 is 0 Å². The zero-order valence-electron chi connectivity index (χ0n) is 9.17. The lowest BCUT2D eigenvalue weighted by atomic mass is 10.3. The van der Waals surface area contributed by atoms with E-state index in [2.05, 4.69) is 20.5 Å². The van der Waals surface area contributed by atoms with E-state index < -0.39 is 0 Å². The normalized spacial score (nSPS) is 18.0. The molecule has 0 N–H and O–H groups in total. The molecule has 3 rings (SSSR count). The van der Waals surface area contributed by atoms with E-state index in [-0.39, 0.29) is 0 Å². The molecule has 0 amide bonds. The summed E-state index contributed by atoms with van der Waals surface area (Å²) in [7, 11) is 0. The summed E-state index contributed by atoms with van der Waals surface area (Å²) in [4.78, 5) is 6.79. The Hall–Kier alpha value is -1.39. The van der Waals surface area contributed by atoms with E-state index in [1.165, 1.54) is 5.69 Å². The van der Waals surface area contributed by atoms with Crippen LogP contribution in [0.1, 0.15) is 5.69 Å². The summed E-state index contributed by atoms with van der Waals surface area (Å²) in [6.45, 7) is 4.67. The van der Waals surface area contributed by atoms with Crippen LogP contribution in [0.25, 0.3) is 5.65 Å². The van der Waals surface area contributed by atoms with Gasteiger partial charge in [-0.1, -0.05) is 6.07 Å². The second-order valence-electron chi connectivity index (χ2n) is 4.07. The predicted octanol–water partition coefficient (Wildman–Crippen LogP) is 1.17. The average Bonchev–Trinajstić information content (AvgIpc) is 2.74. The van der Waals surface area contributed by atoms with Gasteiger partial charge in [-0.2, -0.15) is 0 Å². The third kappa shape index (κ3) is 1.81. The highest BCUT2D eigenvalue weighted by Crippen LogP contribution is 2.10. The van der Waals surface area contributed by atoms with Crippen molar-refractivity contribution in [3.63, 3.8) is 0 Å². The minimum Gasteiger partial charge on any atom is -0.379 e. The van der Waals surface area contributed by atoms with Crippen molar-refractivity contribution >= 4 is 5.65 Å². The molecule has 0 spiro atoms. The smallest absolute Gasteiger partial charge is 0.136 e. The maximum absolute atomic E-state index is 5.34. The summed E-state index contributed by atoms with van der Waals surface area (Å²) in [5.41, 5.74) is 2.27. The van der Waals surface area contributed by atoms with E-state index in [1.807, 2.05) is 24.4 Å². The molecule has 0 bridgehead atoms. The van der Waals surface area contributed by atoms with Gasteiger partial charge in [0.15, 0.2) is 0 Å². The Morgan fingerprint density at radius 1 is 1.25 bits per heavy atom. The molecule has 0 saturated carbocycles. The van der Waals surface area contributed by atoms with Crippen molar-refractivity contribution in [1.29, 1.82) is 0 Å². The molecule has 2 aromatic rings. The number of hydrogen-bond acceptors (Lipinski definition) is 3. The first-order valence-electron chi connectivity index (χ1n) is 5.64. The molecule has 1 aliphatic heterocycles. The number of hydrogen-bond donors (Lipinski definition) is 0. The summed E-state index contributed by atoms with van der Waals surface area (Å²) in [5, 5.41) is 0. The Morgan fingerprint density at radius 3 is 3.00 bits per heavy atom. The van der Waals surface area contributed by atoms with E-state index in [1.54, 1.807) is 0 Å². The summed E-state index contributed by atoms with van der Waals surface area (Å²) < 4.78 is 7.49. The molecule has 4 nitrogen and oxygen atoms in total. The van der Waals surface area contributed by atoms with Crippen LogP contribution in [0.5, 0.6) is 0 Å². The topological polar surface area (TPSA) is 29.8 Å². The maximum Gasteiger partial charge on any atom is 0.136 e. The van der Waals surface area contributed by atoms with Gasteiger partial charge in [-0.25, -0.2) is 4.98 Å². The van der Waals surface area contributed by atoms with Crippen molar-refractivity contribution < 1.29 is 4.74 Å². The second kappa shape index (κ2) is 4.23. The number of rotatable bonds is 2. The van der Waals surface area contributed by atoms with Crippen LogP contribution < -0.4 is 0 Å². The van der Waals surface area contributed by atoms with Gasteiger partial charge < -0.3 is 9.14 Å². The Labute approximate surface area is 94.5 Å². The molecule has 1 saturated heterocycles. The van der Waals surface area contributed by atoms with Crippen LogP contribution >= 0.6 is 0 Å². The molecule has 84 valence electrons. The van der Waals surface area contributed by atoms with Crippen LogP contribution in [0.4, 0.5) is 0 Å². The highest BCUT2D eigenvalue weighted by Gasteiger charge is 2.12. The van der Waals surface area contributed by atoms with E-state index in [0.717, 1.165) is 38.5 Å². The molecule has 0 atom stereocenters. The van der Waals surface area contributed by atoms with Gasteiger partial charge in [0.2, 0.25) is 0 Å². The lowest BCUT2D eigenvalue weighted by molar-refractivity contribution is 0.0335. The number of morpholine rings is 1. The van der Waals surface area contributed by atoms with E-state index >= 15 is 0 Å². The Balaban J connectivity index is 1.83. The number of pyridine rings is 1. The van der Waals surface area contributed by atoms with Crippen molar-refractivity contribution in [2.45, 2.75) is 6.54 Å². The zero-order valence-corrected chi connectivity index (χ0v) is 9.17. The van der Waals surface area contributed by atoms with Gasteiger partial charge in [-0.05, 0) is 12.1 Å². The molecule has 2 aromatic heterocycles. The summed E-state index contributed by atoms with van der Waals surface area (Å²) in [5.74, 6) is 0. The molecule has 0 unspecified atom stereocenters. The quantitative estimate of drug-likeness (QED) is 0.756. The van der Waals surface area contributed by atoms with Crippen molar-refractivity contribution in [3.8, 4) is 0 Å². The van der Waals surface area contributed by atoms with Crippen LogP contribution in [-0.4, -0.2) is 40.6 Å². The fourth-order valence-corrected chi connectivity index (χ4v) is 2.09. The fourth-order valence-electron chi connectivity index (χ4n) is 2.09. The maximum atomic E-state index is 5.34. The van der Waals surface area contributed by atoms with Crippen molar-refractivity contribution in [2.75, 3.05) is 26.3 Å². The molecule has 16 heavy (non-hydrogen) atoms. The molecule has 0 aliphatic carbocycles. The first-order valence-corrected chi connectivity index (χ1v) is 5.64. The summed E-state index contributed by atoms with van der Waals surface area (Å²) in [6.07, 6.45) is 4.03. The average molecular weight is 217 g/mol. The van der Waals surface area contributed by atoms with Crippen LogP contribution in [0, 0.1) is 0 Å². The lowest BCUT2D eigenvalue weighted by Gasteiger charge is -2.26. The van der Waals surface area contributed by atoms with Crippen LogP contribution in [-0.2, 0) is 11.3 Å². The zero-order chi connectivity index (χ0) is 10.8. The van der Waals surface area contributed by atoms with Gasteiger partial charge in [-0.3, -0.25) is 4.90 Å². The molecular formula is C12H15N3O. The minimum atomic E-state index is 0.844. The molecule has 0 aromatic carbocycles. The molecular weight excluding hydrogens is 202 g/mol. The molecule has 1 fully saturated rings. The number of imidazole rings is 1. The highest BCUT2D eigenvalue weighted by atomic mass is 16.5. The van der Waals surface area contributed by atoms with Gasteiger partial charge in [-0.15, -0.1) is 0 Å². The fraction of sp³-hybridized carbons (Fsp3) is 0.417. The minimum absolute atomic E-state index is 0.844. The van der Waals surface area contributed by atoms with Crippen LogP contribution in [0.3, 0.4) is 0 Å². The summed E-state index contributed by atoms with van der Waals surface area (Å²) >= 11 is 0. The molecule has 1 aliphatic rings. The predicted molar refractivity (Wildman–Crippen MR) is 61.3 cm³/mol. The Bertz CT molecular complexity index is 474. The largest absolute Gasteiger partial charge is 0.379 e. The van der Waals surface area contributed by atoms with Crippen LogP contribution in [0.15, 0.2) is 30.6 Å². The van der Waals surface area contributed by atoms with Crippen LogP contribution in [0.2, 0.25) is 0 Å². The monoisotopic (exact) mass is 217 g/mol. The summed E-state index contributed by atoms with van der Waals surface area (Å²) in [6, 6.07) is 6.08. The second-order valence-corrected chi connectivity index (χ2v) is 4.07. The van der Waals surface area contributed by atoms with E-state index in [4.69, 9.17) is 4.74 Å². The SMILES string of the molecule is c1ccn2c(CN3CCOCC3)cnc2c1. The first kappa shape index (κ1) is 9.81. The first-order chi connectivity index (χ1) is 7.93. The van der Waals surface area contributed by atoms with Crippen molar-refractivity contribution in [2.24, 2.45) is 0 Å². The standard InChI is InChI=1S/C12H15N3O/c1-2-4-15-11(9-13-12(15)3-1)10-14-5-7-16-8-6-14/h1-4,9H,5-8,10H2. The van der Waals surface area contributed by atoms with Crippen molar-refractivity contribution in [3.05, 3.63) is 36.3 Å². The number of fused-ring (bicyclic) bond motifs is 1. The Kier molecular flexibility index (Phi) is 2.60. The molecule has 4 heteroatoms. The van der Waals surface area contributed by atoms with Gasteiger partial charge in [0, 0.05) is 25.8 Å². The third-order valence-electron chi connectivity index (χ3n) is 2.98. The van der Waals surface area contributed by atoms with Gasteiger partial charge in [0.1, 0.15) is 5.65 Å². The van der Waals surface area contributed by atoms with E-state index in [0.29, 0.717) is 0 Å². The van der Waals surface area contributed by atoms with Gasteiger partial charge in [0.05, 0.1) is 25.1 Å². The van der Waals surface area contributed by atoms with Crippen molar-refractivity contribution in [1.82, 2.24) is 14.3 Å². The molecule has 3 heterocycles.